The number of hydrogen-bond donors (Lipinski definition) is 0. The van der Waals surface area contributed by atoms with Crippen LogP contribution in [0.5, 0.6) is 0 Å². The highest BCUT2D eigenvalue weighted by atomic mass is 16.5. The maximum absolute atomic E-state index is 12.6. The number of rotatable bonds is 4. The van der Waals surface area contributed by atoms with Crippen molar-refractivity contribution in [2.75, 3.05) is 26.3 Å². The number of nitrogens with zero attached hydrogens (tertiary/aromatic N) is 1. The maximum Gasteiger partial charge on any atom is 0.193 e. The van der Waals surface area contributed by atoms with Crippen molar-refractivity contribution in [3.8, 4) is 0 Å². The molecule has 0 N–H and O–H groups in total. The van der Waals surface area contributed by atoms with E-state index in [1.54, 1.807) is 0 Å². The second kappa shape index (κ2) is 6.86. The Morgan fingerprint density at radius 1 is 1.05 bits per heavy atom. The minimum atomic E-state index is 0.0903. The fourth-order valence-corrected chi connectivity index (χ4v) is 2.78. The van der Waals surface area contributed by atoms with E-state index in [-0.39, 0.29) is 5.78 Å². The van der Waals surface area contributed by atoms with E-state index in [0.717, 1.165) is 49.5 Å². The molecule has 3 nitrogen and oxygen atoms in total. The molecule has 1 aliphatic heterocycles. The van der Waals surface area contributed by atoms with Gasteiger partial charge in [0.15, 0.2) is 5.78 Å². The molecule has 0 radical (unpaired) electrons. The second-order valence-electron chi connectivity index (χ2n) is 5.79. The summed E-state index contributed by atoms with van der Waals surface area (Å²) in [6, 6.07) is 15.7. The molecular weight excluding hydrogens is 274 g/mol. The molecular formula is C19H21NO2. The summed E-state index contributed by atoms with van der Waals surface area (Å²) in [5.41, 5.74) is 3.80. The van der Waals surface area contributed by atoms with Gasteiger partial charge in [0.25, 0.3) is 0 Å². The van der Waals surface area contributed by atoms with Crippen molar-refractivity contribution in [3.63, 3.8) is 0 Å². The fraction of sp³-hybridized carbons (Fsp3) is 0.316. The third-order valence-corrected chi connectivity index (χ3v) is 3.98. The number of ketones is 1. The molecule has 0 bridgehead atoms. The van der Waals surface area contributed by atoms with Gasteiger partial charge in [-0.1, -0.05) is 42.0 Å². The Morgan fingerprint density at radius 3 is 2.45 bits per heavy atom. The predicted molar refractivity (Wildman–Crippen MR) is 87.1 cm³/mol. The molecule has 0 unspecified atom stereocenters. The molecule has 1 saturated heterocycles. The van der Waals surface area contributed by atoms with E-state index in [1.807, 2.05) is 49.4 Å². The SMILES string of the molecule is Cc1cccc(C(=O)c2cccc(CN3CCOCC3)c2)c1. The molecule has 0 amide bonds. The lowest BCUT2D eigenvalue weighted by Crippen LogP contribution is -2.35. The van der Waals surface area contributed by atoms with E-state index in [9.17, 15) is 4.79 Å². The zero-order chi connectivity index (χ0) is 15.4. The van der Waals surface area contributed by atoms with E-state index >= 15 is 0 Å². The summed E-state index contributed by atoms with van der Waals surface area (Å²) in [6.45, 7) is 6.37. The normalized spacial score (nSPS) is 15.7. The first-order valence-corrected chi connectivity index (χ1v) is 7.73. The molecule has 1 fully saturated rings. The number of morpholine rings is 1. The van der Waals surface area contributed by atoms with Crippen LogP contribution in [-0.2, 0) is 11.3 Å². The minimum Gasteiger partial charge on any atom is -0.379 e. The smallest absolute Gasteiger partial charge is 0.193 e. The van der Waals surface area contributed by atoms with Crippen LogP contribution in [0.15, 0.2) is 48.5 Å². The summed E-state index contributed by atoms with van der Waals surface area (Å²) in [6.07, 6.45) is 0. The lowest BCUT2D eigenvalue weighted by molar-refractivity contribution is 0.0342. The molecule has 2 aromatic rings. The predicted octanol–water partition coefficient (Wildman–Crippen LogP) is 3.06. The summed E-state index contributed by atoms with van der Waals surface area (Å²) in [5, 5.41) is 0. The molecule has 114 valence electrons. The van der Waals surface area contributed by atoms with Crippen LogP contribution in [0.4, 0.5) is 0 Å². The van der Waals surface area contributed by atoms with Crippen LogP contribution in [0.2, 0.25) is 0 Å². The molecule has 0 spiro atoms. The summed E-state index contributed by atoms with van der Waals surface area (Å²) >= 11 is 0. The Hall–Kier alpha value is -1.97. The molecule has 0 aliphatic carbocycles. The van der Waals surface area contributed by atoms with E-state index in [2.05, 4.69) is 11.0 Å². The van der Waals surface area contributed by atoms with E-state index in [1.165, 1.54) is 5.56 Å². The first-order chi connectivity index (χ1) is 10.7. The first kappa shape index (κ1) is 14.9. The number of hydrogen-bond acceptors (Lipinski definition) is 3. The van der Waals surface area contributed by atoms with Crippen LogP contribution in [-0.4, -0.2) is 37.0 Å². The summed E-state index contributed by atoms with van der Waals surface area (Å²) < 4.78 is 5.37. The van der Waals surface area contributed by atoms with Crippen molar-refractivity contribution in [3.05, 3.63) is 70.8 Å². The van der Waals surface area contributed by atoms with Crippen LogP contribution in [0, 0.1) is 6.92 Å². The van der Waals surface area contributed by atoms with Crippen LogP contribution < -0.4 is 0 Å². The Kier molecular flexibility index (Phi) is 4.66. The summed E-state index contributed by atoms with van der Waals surface area (Å²) in [7, 11) is 0. The van der Waals surface area contributed by atoms with E-state index < -0.39 is 0 Å². The van der Waals surface area contributed by atoms with Gasteiger partial charge in [0.05, 0.1) is 13.2 Å². The Bertz CT molecular complexity index is 660. The Labute approximate surface area is 131 Å². The van der Waals surface area contributed by atoms with Crippen LogP contribution in [0.1, 0.15) is 27.0 Å². The topological polar surface area (TPSA) is 29.5 Å². The molecule has 3 rings (SSSR count). The average molecular weight is 295 g/mol. The number of carbonyl (C=O) groups excluding carboxylic acids is 1. The number of carbonyl (C=O) groups is 1. The lowest BCUT2D eigenvalue weighted by Gasteiger charge is -2.26. The third-order valence-electron chi connectivity index (χ3n) is 3.98. The highest BCUT2D eigenvalue weighted by molar-refractivity contribution is 6.09. The van der Waals surface area contributed by atoms with Gasteiger partial charge in [-0.05, 0) is 24.6 Å². The summed E-state index contributed by atoms with van der Waals surface area (Å²) in [5.74, 6) is 0.0903. The van der Waals surface area contributed by atoms with E-state index in [0.29, 0.717) is 0 Å². The number of benzene rings is 2. The van der Waals surface area contributed by atoms with Crippen molar-refractivity contribution in [1.82, 2.24) is 4.90 Å². The van der Waals surface area contributed by atoms with Gasteiger partial charge in [0.2, 0.25) is 0 Å². The third kappa shape index (κ3) is 3.62. The molecule has 2 aromatic carbocycles. The average Bonchev–Trinajstić information content (AvgIpc) is 2.55. The zero-order valence-corrected chi connectivity index (χ0v) is 12.9. The molecule has 1 aliphatic rings. The van der Waals surface area contributed by atoms with Crippen molar-refractivity contribution in [1.29, 1.82) is 0 Å². The minimum absolute atomic E-state index is 0.0903. The highest BCUT2D eigenvalue weighted by Crippen LogP contribution is 2.15. The van der Waals surface area contributed by atoms with Crippen LogP contribution in [0.3, 0.4) is 0 Å². The van der Waals surface area contributed by atoms with Gasteiger partial charge in [-0.15, -0.1) is 0 Å². The Morgan fingerprint density at radius 2 is 1.73 bits per heavy atom. The maximum atomic E-state index is 12.6. The van der Waals surface area contributed by atoms with Gasteiger partial charge >= 0.3 is 0 Å². The quantitative estimate of drug-likeness (QED) is 0.812. The first-order valence-electron chi connectivity index (χ1n) is 7.73. The van der Waals surface area contributed by atoms with Gasteiger partial charge in [0.1, 0.15) is 0 Å². The zero-order valence-electron chi connectivity index (χ0n) is 12.9. The van der Waals surface area contributed by atoms with Crippen molar-refractivity contribution in [2.24, 2.45) is 0 Å². The van der Waals surface area contributed by atoms with Gasteiger partial charge in [-0.2, -0.15) is 0 Å². The number of ether oxygens (including phenoxy) is 1. The van der Waals surface area contributed by atoms with Crippen LogP contribution in [0.25, 0.3) is 0 Å². The summed E-state index contributed by atoms with van der Waals surface area (Å²) in [4.78, 5) is 15.0. The molecule has 1 heterocycles. The van der Waals surface area contributed by atoms with Gasteiger partial charge in [-0.3, -0.25) is 9.69 Å². The largest absolute Gasteiger partial charge is 0.379 e. The molecule has 22 heavy (non-hydrogen) atoms. The fourth-order valence-electron chi connectivity index (χ4n) is 2.78. The molecule has 0 atom stereocenters. The monoisotopic (exact) mass is 295 g/mol. The van der Waals surface area contributed by atoms with Crippen LogP contribution >= 0.6 is 0 Å². The van der Waals surface area contributed by atoms with Crippen molar-refractivity contribution < 1.29 is 9.53 Å². The van der Waals surface area contributed by atoms with Gasteiger partial charge in [0, 0.05) is 30.8 Å². The van der Waals surface area contributed by atoms with E-state index in [4.69, 9.17) is 4.74 Å². The lowest BCUT2D eigenvalue weighted by atomic mass is 10.00. The number of aryl methyl sites for hydroxylation is 1. The van der Waals surface area contributed by atoms with Crippen molar-refractivity contribution >= 4 is 5.78 Å². The highest BCUT2D eigenvalue weighted by Gasteiger charge is 2.13. The molecule has 3 heteroatoms. The van der Waals surface area contributed by atoms with Crippen molar-refractivity contribution in [2.45, 2.75) is 13.5 Å². The molecule has 0 saturated carbocycles. The van der Waals surface area contributed by atoms with Gasteiger partial charge < -0.3 is 4.74 Å². The standard InChI is InChI=1S/C19H21NO2/c1-15-4-2-6-17(12-15)19(21)18-7-3-5-16(13-18)14-20-8-10-22-11-9-20/h2-7,12-13H,8-11,14H2,1H3. The molecule has 0 aromatic heterocycles. The Balaban J connectivity index is 1.76. The van der Waals surface area contributed by atoms with Gasteiger partial charge in [-0.25, -0.2) is 0 Å². The second-order valence-corrected chi connectivity index (χ2v) is 5.79.